The molecule has 152 valence electrons. The Bertz CT molecular complexity index is 1000. The quantitative estimate of drug-likeness (QED) is 0.545. The van der Waals surface area contributed by atoms with Crippen molar-refractivity contribution in [3.63, 3.8) is 0 Å². The van der Waals surface area contributed by atoms with Crippen molar-refractivity contribution in [3.8, 4) is 17.1 Å². The van der Waals surface area contributed by atoms with Crippen LogP contribution in [0.25, 0.3) is 11.4 Å². The first-order valence-corrected chi connectivity index (χ1v) is 10.7. The predicted octanol–water partition coefficient (Wildman–Crippen LogP) is 4.71. The number of thioether (sulfide) groups is 1. The Labute approximate surface area is 175 Å². The zero-order valence-corrected chi connectivity index (χ0v) is 18.0. The first kappa shape index (κ1) is 20.9. The van der Waals surface area contributed by atoms with E-state index in [9.17, 15) is 4.79 Å². The lowest BCUT2D eigenvalue weighted by molar-refractivity contribution is -0.113. The van der Waals surface area contributed by atoms with Gasteiger partial charge in [-0.25, -0.2) is 0 Å². The summed E-state index contributed by atoms with van der Waals surface area (Å²) < 4.78 is 7.74. The SMILES string of the molecule is CCOc1ccccc1-c1nnc(SCC(=O)Nc2ccc(C)c(C)c2)n1CC. The summed E-state index contributed by atoms with van der Waals surface area (Å²) in [6, 6.07) is 13.7. The van der Waals surface area contributed by atoms with Gasteiger partial charge in [0, 0.05) is 12.2 Å². The zero-order valence-electron chi connectivity index (χ0n) is 17.2. The second-order valence-corrected chi connectivity index (χ2v) is 7.56. The molecule has 0 bridgehead atoms. The molecular formula is C22H26N4O2S. The van der Waals surface area contributed by atoms with E-state index < -0.39 is 0 Å². The van der Waals surface area contributed by atoms with Gasteiger partial charge in [-0.05, 0) is 63.1 Å². The number of hydrogen-bond acceptors (Lipinski definition) is 5. The zero-order chi connectivity index (χ0) is 20.8. The maximum Gasteiger partial charge on any atom is 0.234 e. The molecule has 6 nitrogen and oxygen atoms in total. The van der Waals surface area contributed by atoms with Gasteiger partial charge in [-0.2, -0.15) is 0 Å². The molecule has 0 radical (unpaired) electrons. The number of anilines is 1. The number of rotatable bonds is 8. The second-order valence-electron chi connectivity index (χ2n) is 6.62. The highest BCUT2D eigenvalue weighted by Crippen LogP contribution is 2.31. The van der Waals surface area contributed by atoms with Gasteiger partial charge in [0.05, 0.1) is 17.9 Å². The average molecular weight is 411 g/mol. The van der Waals surface area contributed by atoms with Crippen molar-refractivity contribution in [2.45, 2.75) is 39.4 Å². The van der Waals surface area contributed by atoms with E-state index in [1.54, 1.807) is 0 Å². The molecule has 0 saturated heterocycles. The van der Waals surface area contributed by atoms with Gasteiger partial charge in [0.25, 0.3) is 0 Å². The lowest BCUT2D eigenvalue weighted by Crippen LogP contribution is -2.14. The average Bonchev–Trinajstić information content (AvgIpc) is 3.12. The lowest BCUT2D eigenvalue weighted by Gasteiger charge is -2.11. The Hall–Kier alpha value is -2.80. The third kappa shape index (κ3) is 4.98. The van der Waals surface area contributed by atoms with E-state index >= 15 is 0 Å². The first-order chi connectivity index (χ1) is 14.0. The van der Waals surface area contributed by atoms with Gasteiger partial charge in [0.2, 0.25) is 5.91 Å². The van der Waals surface area contributed by atoms with Gasteiger partial charge in [-0.3, -0.25) is 4.79 Å². The van der Waals surface area contributed by atoms with Crippen LogP contribution < -0.4 is 10.1 Å². The van der Waals surface area contributed by atoms with E-state index in [0.29, 0.717) is 18.3 Å². The van der Waals surface area contributed by atoms with Crippen LogP contribution in [0.5, 0.6) is 5.75 Å². The lowest BCUT2D eigenvalue weighted by atomic mass is 10.1. The molecule has 29 heavy (non-hydrogen) atoms. The number of ether oxygens (including phenoxy) is 1. The Morgan fingerprint density at radius 1 is 1.10 bits per heavy atom. The molecule has 1 amide bonds. The molecule has 0 saturated carbocycles. The molecule has 0 aliphatic rings. The minimum absolute atomic E-state index is 0.0693. The molecule has 0 aliphatic carbocycles. The highest BCUT2D eigenvalue weighted by Gasteiger charge is 2.17. The fraction of sp³-hybridized carbons (Fsp3) is 0.318. The van der Waals surface area contributed by atoms with Crippen LogP contribution in [0.3, 0.4) is 0 Å². The van der Waals surface area contributed by atoms with Gasteiger partial charge in [-0.1, -0.05) is 30.0 Å². The van der Waals surface area contributed by atoms with Crippen molar-refractivity contribution in [2.24, 2.45) is 0 Å². The van der Waals surface area contributed by atoms with E-state index in [1.807, 2.05) is 67.8 Å². The molecule has 1 aromatic heterocycles. The van der Waals surface area contributed by atoms with E-state index in [4.69, 9.17) is 4.74 Å². The van der Waals surface area contributed by atoms with Crippen LogP contribution in [0.2, 0.25) is 0 Å². The highest BCUT2D eigenvalue weighted by atomic mass is 32.2. The highest BCUT2D eigenvalue weighted by molar-refractivity contribution is 7.99. The monoisotopic (exact) mass is 410 g/mol. The van der Waals surface area contributed by atoms with Gasteiger partial charge < -0.3 is 14.6 Å². The van der Waals surface area contributed by atoms with Crippen molar-refractivity contribution in [1.29, 1.82) is 0 Å². The van der Waals surface area contributed by atoms with Gasteiger partial charge in [0.1, 0.15) is 5.75 Å². The number of hydrogen-bond donors (Lipinski definition) is 1. The smallest absolute Gasteiger partial charge is 0.234 e. The third-order valence-electron chi connectivity index (χ3n) is 4.58. The van der Waals surface area contributed by atoms with Crippen molar-refractivity contribution in [1.82, 2.24) is 14.8 Å². The summed E-state index contributed by atoms with van der Waals surface area (Å²) in [5.41, 5.74) is 4.06. The van der Waals surface area contributed by atoms with Crippen molar-refractivity contribution in [2.75, 3.05) is 17.7 Å². The van der Waals surface area contributed by atoms with Crippen LogP contribution in [0.4, 0.5) is 5.69 Å². The Morgan fingerprint density at radius 2 is 1.90 bits per heavy atom. The molecule has 7 heteroatoms. The van der Waals surface area contributed by atoms with Crippen molar-refractivity contribution in [3.05, 3.63) is 53.6 Å². The Morgan fingerprint density at radius 3 is 2.62 bits per heavy atom. The molecule has 1 heterocycles. The molecule has 0 unspecified atom stereocenters. The maximum atomic E-state index is 12.4. The van der Waals surface area contributed by atoms with Gasteiger partial charge in [-0.15, -0.1) is 10.2 Å². The fourth-order valence-corrected chi connectivity index (χ4v) is 3.76. The Balaban J connectivity index is 1.72. The summed E-state index contributed by atoms with van der Waals surface area (Å²) in [6.07, 6.45) is 0. The molecule has 0 aliphatic heterocycles. The molecule has 1 N–H and O–H groups in total. The number of aryl methyl sites for hydroxylation is 2. The van der Waals surface area contributed by atoms with Crippen LogP contribution in [0.15, 0.2) is 47.6 Å². The number of nitrogens with one attached hydrogen (secondary N) is 1. The Kier molecular flexibility index (Phi) is 6.93. The summed E-state index contributed by atoms with van der Waals surface area (Å²) in [5, 5.41) is 12.3. The topological polar surface area (TPSA) is 69.0 Å². The number of aromatic nitrogens is 3. The molecular weight excluding hydrogens is 384 g/mol. The summed E-state index contributed by atoms with van der Waals surface area (Å²) >= 11 is 1.38. The van der Waals surface area contributed by atoms with Gasteiger partial charge in [0.15, 0.2) is 11.0 Å². The van der Waals surface area contributed by atoms with Crippen LogP contribution in [-0.2, 0) is 11.3 Å². The number of para-hydroxylation sites is 1. The van der Waals surface area contributed by atoms with Crippen molar-refractivity contribution < 1.29 is 9.53 Å². The summed E-state index contributed by atoms with van der Waals surface area (Å²) in [6.45, 7) is 9.36. The van der Waals surface area contributed by atoms with Crippen LogP contribution in [0.1, 0.15) is 25.0 Å². The maximum absolute atomic E-state index is 12.4. The number of benzene rings is 2. The fourth-order valence-electron chi connectivity index (χ4n) is 2.96. The van der Waals surface area contributed by atoms with E-state index in [0.717, 1.165) is 28.4 Å². The van der Waals surface area contributed by atoms with Crippen LogP contribution in [-0.4, -0.2) is 33.0 Å². The molecule has 3 rings (SSSR count). The molecule has 3 aromatic rings. The molecule has 0 fully saturated rings. The molecule has 2 aromatic carbocycles. The number of carbonyl (C=O) groups is 1. The van der Waals surface area contributed by atoms with Crippen LogP contribution >= 0.6 is 11.8 Å². The summed E-state index contributed by atoms with van der Waals surface area (Å²) in [4.78, 5) is 12.4. The standard InChI is InChI=1S/C22H26N4O2S/c1-5-26-21(18-9-7-8-10-19(18)28-6-2)24-25-22(26)29-14-20(27)23-17-12-11-15(3)16(4)13-17/h7-13H,5-6,14H2,1-4H3,(H,23,27). The minimum Gasteiger partial charge on any atom is -0.493 e. The summed E-state index contributed by atoms with van der Waals surface area (Å²) in [7, 11) is 0. The normalized spacial score (nSPS) is 10.8. The van der Waals surface area contributed by atoms with E-state index in [2.05, 4.69) is 22.4 Å². The summed E-state index contributed by atoms with van der Waals surface area (Å²) in [5.74, 6) is 1.72. The number of nitrogens with zero attached hydrogens (tertiary/aromatic N) is 3. The number of amides is 1. The van der Waals surface area contributed by atoms with E-state index in [1.165, 1.54) is 17.3 Å². The van der Waals surface area contributed by atoms with Gasteiger partial charge >= 0.3 is 0 Å². The first-order valence-electron chi connectivity index (χ1n) is 9.68. The number of carbonyl (C=O) groups excluding carboxylic acids is 1. The molecule has 0 atom stereocenters. The molecule has 0 spiro atoms. The minimum atomic E-state index is -0.0693. The van der Waals surface area contributed by atoms with E-state index in [-0.39, 0.29) is 11.7 Å². The second kappa shape index (κ2) is 9.60. The third-order valence-corrected chi connectivity index (χ3v) is 5.55. The van der Waals surface area contributed by atoms with Crippen LogP contribution in [0, 0.1) is 13.8 Å². The largest absolute Gasteiger partial charge is 0.493 e. The predicted molar refractivity (Wildman–Crippen MR) is 118 cm³/mol. The van der Waals surface area contributed by atoms with Crippen molar-refractivity contribution >= 4 is 23.4 Å².